The summed E-state index contributed by atoms with van der Waals surface area (Å²) >= 11 is 0. The van der Waals surface area contributed by atoms with Crippen molar-refractivity contribution in [2.45, 2.75) is 46.2 Å². The number of nitrogens with zero attached hydrogens (tertiary/aromatic N) is 3. The molecule has 2 aliphatic rings. The zero-order valence-electron chi connectivity index (χ0n) is 17.5. The van der Waals surface area contributed by atoms with Crippen molar-refractivity contribution in [2.24, 2.45) is 11.3 Å². The van der Waals surface area contributed by atoms with Crippen LogP contribution in [0, 0.1) is 11.3 Å². The number of benzene rings is 1. The maximum atomic E-state index is 5.67. The first-order chi connectivity index (χ1) is 13.6. The zero-order chi connectivity index (χ0) is 19.6. The summed E-state index contributed by atoms with van der Waals surface area (Å²) in [6.45, 7) is 13.1. The summed E-state index contributed by atoms with van der Waals surface area (Å²) in [6, 6.07) is 13.5. The first kappa shape index (κ1) is 19.5. The highest BCUT2D eigenvalue weighted by Gasteiger charge is 2.47. The maximum Gasteiger partial charge on any atom is 0.150 e. The Labute approximate surface area is 169 Å². The van der Waals surface area contributed by atoms with Gasteiger partial charge in [0.2, 0.25) is 0 Å². The topological polar surface area (TPSA) is 44.5 Å². The molecule has 2 aromatic rings. The predicted octanol–water partition coefficient (Wildman–Crippen LogP) is 3.56. The van der Waals surface area contributed by atoms with Crippen LogP contribution in [0.3, 0.4) is 0 Å². The Morgan fingerprint density at radius 2 is 1.89 bits per heavy atom. The first-order valence-corrected chi connectivity index (χ1v) is 10.8. The second kappa shape index (κ2) is 8.26. The molecule has 0 amide bonds. The van der Waals surface area contributed by atoms with Crippen molar-refractivity contribution in [3.8, 4) is 0 Å². The van der Waals surface area contributed by atoms with Crippen molar-refractivity contribution in [3.05, 3.63) is 47.9 Å². The van der Waals surface area contributed by atoms with E-state index in [9.17, 15) is 0 Å². The smallest absolute Gasteiger partial charge is 0.150 e. The third kappa shape index (κ3) is 4.11. The molecule has 0 radical (unpaired) electrons. The lowest BCUT2D eigenvalue weighted by Crippen LogP contribution is -2.57. The summed E-state index contributed by atoms with van der Waals surface area (Å²) in [5.41, 5.74) is 2.78. The minimum Gasteiger partial charge on any atom is -0.369 e. The molecule has 1 saturated heterocycles. The van der Waals surface area contributed by atoms with E-state index in [-0.39, 0.29) is 0 Å². The van der Waals surface area contributed by atoms with Gasteiger partial charge in [-0.1, -0.05) is 44.1 Å². The molecule has 5 heteroatoms. The number of hydrogen-bond acceptors (Lipinski definition) is 5. The molecule has 1 saturated carbocycles. The second-order valence-corrected chi connectivity index (χ2v) is 8.95. The van der Waals surface area contributed by atoms with Gasteiger partial charge in [-0.05, 0) is 42.9 Å². The van der Waals surface area contributed by atoms with Crippen LogP contribution in [0.5, 0.6) is 0 Å². The van der Waals surface area contributed by atoms with Gasteiger partial charge in [0.15, 0.2) is 5.76 Å². The van der Waals surface area contributed by atoms with Crippen molar-refractivity contribution in [1.29, 1.82) is 0 Å². The van der Waals surface area contributed by atoms with Crippen LogP contribution in [0.15, 0.2) is 40.9 Å². The van der Waals surface area contributed by atoms with E-state index < -0.39 is 0 Å². The third-order valence-electron chi connectivity index (χ3n) is 6.86. The van der Waals surface area contributed by atoms with Gasteiger partial charge in [-0.2, -0.15) is 0 Å². The first-order valence-electron chi connectivity index (χ1n) is 10.8. The maximum absolute atomic E-state index is 5.67. The van der Waals surface area contributed by atoms with E-state index >= 15 is 0 Å². The highest BCUT2D eigenvalue weighted by Crippen LogP contribution is 2.47. The van der Waals surface area contributed by atoms with E-state index in [4.69, 9.17) is 4.52 Å². The molecule has 2 atom stereocenters. The fourth-order valence-corrected chi connectivity index (χ4v) is 4.76. The van der Waals surface area contributed by atoms with Gasteiger partial charge in [-0.15, -0.1) is 0 Å². The fraction of sp³-hybridized carbons (Fsp3) is 0.609. The number of nitrogens with one attached hydrogen (secondary N) is 1. The standard InChI is InChI=1S/C23H34N4O/c1-4-24-22-15-18(23(22,2)3)14-19-16-21(28-25-19)17-26-10-12-27(13-11-26)20-8-6-5-7-9-20/h5-9,16,18,22,24H,4,10-15,17H2,1-3H3/t18-,22+/m1/s1. The van der Waals surface area contributed by atoms with Gasteiger partial charge in [0, 0.05) is 44.0 Å². The van der Waals surface area contributed by atoms with Gasteiger partial charge < -0.3 is 14.7 Å². The molecule has 0 unspecified atom stereocenters. The van der Waals surface area contributed by atoms with Gasteiger partial charge in [-0.3, -0.25) is 4.90 Å². The molecule has 152 valence electrons. The molecule has 1 N–H and O–H groups in total. The lowest BCUT2D eigenvalue weighted by molar-refractivity contribution is 0.0146. The van der Waals surface area contributed by atoms with Crippen LogP contribution in [0.1, 0.15) is 38.6 Å². The number of aromatic nitrogens is 1. The van der Waals surface area contributed by atoms with E-state index in [1.807, 2.05) is 0 Å². The van der Waals surface area contributed by atoms with Gasteiger partial charge >= 0.3 is 0 Å². The Kier molecular flexibility index (Phi) is 5.74. The summed E-state index contributed by atoms with van der Waals surface area (Å²) in [4.78, 5) is 4.93. The summed E-state index contributed by atoms with van der Waals surface area (Å²) in [5.74, 6) is 1.69. The predicted molar refractivity (Wildman–Crippen MR) is 113 cm³/mol. The number of hydrogen-bond donors (Lipinski definition) is 1. The SMILES string of the molecule is CCN[C@H]1C[C@@H](Cc2cc(CN3CCN(c4ccccc4)CC3)on2)C1(C)C. The molecule has 0 bridgehead atoms. The van der Waals surface area contributed by atoms with E-state index in [1.165, 1.54) is 12.1 Å². The molecule has 1 aromatic heterocycles. The van der Waals surface area contributed by atoms with E-state index in [0.717, 1.165) is 57.1 Å². The molecule has 2 heterocycles. The van der Waals surface area contributed by atoms with E-state index in [2.05, 4.69) is 77.4 Å². The van der Waals surface area contributed by atoms with Gasteiger partial charge in [0.1, 0.15) is 0 Å². The van der Waals surface area contributed by atoms with Crippen LogP contribution in [-0.4, -0.2) is 48.8 Å². The zero-order valence-corrected chi connectivity index (χ0v) is 17.5. The number of rotatable bonds is 7. The Balaban J connectivity index is 1.26. The van der Waals surface area contributed by atoms with Crippen LogP contribution in [0.25, 0.3) is 0 Å². The van der Waals surface area contributed by atoms with Crippen molar-refractivity contribution >= 4 is 5.69 Å². The Hall–Kier alpha value is -1.85. The van der Waals surface area contributed by atoms with Crippen molar-refractivity contribution in [3.63, 3.8) is 0 Å². The molecule has 4 rings (SSSR count). The van der Waals surface area contributed by atoms with E-state index in [0.29, 0.717) is 17.4 Å². The second-order valence-electron chi connectivity index (χ2n) is 8.95. The molecule has 1 aromatic carbocycles. The normalized spacial score (nSPS) is 24.9. The van der Waals surface area contributed by atoms with Crippen molar-refractivity contribution in [1.82, 2.24) is 15.4 Å². The van der Waals surface area contributed by atoms with Crippen molar-refractivity contribution in [2.75, 3.05) is 37.6 Å². The average molecular weight is 383 g/mol. The molecular weight excluding hydrogens is 348 g/mol. The van der Waals surface area contributed by atoms with Gasteiger partial charge in [0.25, 0.3) is 0 Å². The minimum atomic E-state index is 0.336. The largest absolute Gasteiger partial charge is 0.369 e. The quantitative estimate of drug-likeness (QED) is 0.793. The van der Waals surface area contributed by atoms with Gasteiger partial charge in [0.05, 0.1) is 12.2 Å². The molecule has 28 heavy (non-hydrogen) atoms. The average Bonchev–Trinajstić information content (AvgIpc) is 3.15. The summed E-state index contributed by atoms with van der Waals surface area (Å²) < 4.78 is 5.67. The Morgan fingerprint density at radius 1 is 1.14 bits per heavy atom. The monoisotopic (exact) mass is 382 g/mol. The molecule has 0 spiro atoms. The fourth-order valence-electron chi connectivity index (χ4n) is 4.76. The van der Waals surface area contributed by atoms with E-state index in [1.54, 1.807) is 0 Å². The number of anilines is 1. The Morgan fingerprint density at radius 3 is 2.57 bits per heavy atom. The third-order valence-corrected chi connectivity index (χ3v) is 6.86. The highest BCUT2D eigenvalue weighted by atomic mass is 16.5. The number of piperazine rings is 1. The molecular formula is C23H34N4O. The highest BCUT2D eigenvalue weighted by molar-refractivity contribution is 5.46. The van der Waals surface area contributed by atoms with Crippen molar-refractivity contribution < 1.29 is 4.52 Å². The molecule has 2 fully saturated rings. The lowest BCUT2D eigenvalue weighted by atomic mass is 9.57. The Bertz CT molecular complexity index is 749. The summed E-state index contributed by atoms with van der Waals surface area (Å²) in [6.07, 6.45) is 2.27. The number of para-hydroxylation sites is 1. The summed E-state index contributed by atoms with van der Waals surface area (Å²) in [5, 5.41) is 7.98. The van der Waals surface area contributed by atoms with Crippen LogP contribution < -0.4 is 10.2 Å². The van der Waals surface area contributed by atoms with Crippen LogP contribution >= 0.6 is 0 Å². The minimum absolute atomic E-state index is 0.336. The molecule has 1 aliphatic carbocycles. The van der Waals surface area contributed by atoms with Gasteiger partial charge in [-0.25, -0.2) is 0 Å². The summed E-state index contributed by atoms with van der Waals surface area (Å²) in [7, 11) is 0. The molecule has 1 aliphatic heterocycles. The van der Waals surface area contributed by atoms with Crippen LogP contribution in [0.2, 0.25) is 0 Å². The van der Waals surface area contributed by atoms with Crippen LogP contribution in [0.4, 0.5) is 5.69 Å². The van der Waals surface area contributed by atoms with Crippen LogP contribution in [-0.2, 0) is 13.0 Å². The lowest BCUT2D eigenvalue weighted by Gasteiger charge is -2.52. The molecule has 5 nitrogen and oxygen atoms in total.